The van der Waals surface area contributed by atoms with Crippen LogP contribution >= 0.6 is 0 Å². The van der Waals surface area contributed by atoms with Gasteiger partial charge in [-0.3, -0.25) is 4.79 Å². The Labute approximate surface area is 80.8 Å². The minimum atomic E-state index is -1.18. The molecule has 1 heterocycles. The molecule has 76 valence electrons. The molecule has 0 amide bonds. The van der Waals surface area contributed by atoms with E-state index in [9.17, 15) is 4.79 Å². The first-order valence-corrected chi connectivity index (χ1v) is 4.48. The van der Waals surface area contributed by atoms with Gasteiger partial charge < -0.3 is 9.47 Å². The van der Waals surface area contributed by atoms with E-state index in [0.29, 0.717) is 0 Å². The summed E-state index contributed by atoms with van der Waals surface area (Å²) in [6, 6.07) is 0. The number of carbonyl (C=O) groups excluding carboxylic acids is 1. The predicted molar refractivity (Wildman–Crippen MR) is 49.1 cm³/mol. The normalized spacial score (nSPS) is 42.5. The van der Waals surface area contributed by atoms with Crippen LogP contribution in [0.15, 0.2) is 0 Å². The van der Waals surface area contributed by atoms with E-state index in [0.717, 1.165) is 0 Å². The lowest BCUT2D eigenvalue weighted by molar-refractivity contribution is -0.301. The molecule has 0 spiro atoms. The third kappa shape index (κ3) is 2.02. The highest BCUT2D eigenvalue weighted by molar-refractivity contribution is 5.71. The Morgan fingerprint density at radius 1 is 1.62 bits per heavy atom. The van der Waals surface area contributed by atoms with Crippen LogP contribution in [-0.2, 0) is 14.3 Å². The smallest absolute Gasteiger partial charge is 0.310 e. The van der Waals surface area contributed by atoms with Crippen molar-refractivity contribution >= 4 is 5.97 Å². The van der Waals surface area contributed by atoms with Crippen LogP contribution in [0, 0.1) is 5.41 Å². The van der Waals surface area contributed by atoms with E-state index in [4.69, 9.17) is 10.8 Å². The van der Waals surface area contributed by atoms with Crippen molar-refractivity contribution in [3.05, 3.63) is 0 Å². The molecule has 13 heavy (non-hydrogen) atoms. The molecule has 0 radical (unpaired) electrons. The number of hydrogen-bond donors (Lipinski definition) is 0. The number of esters is 1. The second-order valence-corrected chi connectivity index (χ2v) is 4.65. The van der Waals surface area contributed by atoms with Crippen molar-refractivity contribution < 1.29 is 15.6 Å². The van der Waals surface area contributed by atoms with Gasteiger partial charge in [-0.2, -0.15) is 0 Å². The van der Waals surface area contributed by atoms with Crippen LogP contribution in [0.5, 0.6) is 0 Å². The van der Waals surface area contributed by atoms with Gasteiger partial charge >= 0.3 is 5.97 Å². The summed E-state index contributed by atoms with van der Waals surface area (Å²) >= 11 is 0. The van der Waals surface area contributed by atoms with Crippen LogP contribution in [0.1, 0.15) is 42.4 Å². The minimum absolute atomic E-state index is 0.0152. The van der Waals surface area contributed by atoms with Crippen molar-refractivity contribution in [2.45, 2.75) is 52.9 Å². The van der Waals surface area contributed by atoms with E-state index in [1.54, 1.807) is 13.8 Å². The van der Waals surface area contributed by atoms with E-state index in [1.807, 2.05) is 20.8 Å². The first-order valence-electron chi connectivity index (χ1n) is 4.98. The van der Waals surface area contributed by atoms with Crippen molar-refractivity contribution in [3.8, 4) is 0 Å². The van der Waals surface area contributed by atoms with Gasteiger partial charge in [0.2, 0.25) is 5.79 Å². The molecular weight excluding hydrogens is 168 g/mol. The topological polar surface area (TPSA) is 35.5 Å². The summed E-state index contributed by atoms with van der Waals surface area (Å²) in [5.74, 6) is -1.38. The number of rotatable bonds is 0. The van der Waals surface area contributed by atoms with Crippen LogP contribution in [0.25, 0.3) is 0 Å². The minimum Gasteiger partial charge on any atom is -0.433 e. The summed E-state index contributed by atoms with van der Waals surface area (Å²) in [4.78, 5) is 11.3. The molecule has 3 heteroatoms. The molecule has 0 unspecified atom stereocenters. The standard InChI is InChI=1S/C10H18O3/c1-7-6-8(11)13-10(5,12-7)9(2,3)4/h7H,6H2,1-5H3/t7-,10-/m1/s1/i7D. The number of carbonyl (C=O) groups is 1. The van der Waals surface area contributed by atoms with Crippen molar-refractivity contribution in [1.82, 2.24) is 0 Å². The van der Waals surface area contributed by atoms with E-state index < -0.39 is 11.9 Å². The van der Waals surface area contributed by atoms with Crippen LogP contribution in [0.2, 0.25) is 0 Å². The van der Waals surface area contributed by atoms with Crippen molar-refractivity contribution in [3.63, 3.8) is 0 Å². The second kappa shape index (κ2) is 2.98. The van der Waals surface area contributed by atoms with E-state index in [1.165, 1.54) is 0 Å². The maximum atomic E-state index is 11.3. The van der Waals surface area contributed by atoms with Crippen LogP contribution < -0.4 is 0 Å². The summed E-state index contributed by atoms with van der Waals surface area (Å²) < 4.78 is 18.5. The molecule has 0 saturated carbocycles. The molecule has 0 aromatic carbocycles. The average Bonchev–Trinajstić information content (AvgIpc) is 1.76. The molecule has 1 rings (SSSR count). The lowest BCUT2D eigenvalue weighted by Gasteiger charge is -2.44. The number of hydrogen-bond acceptors (Lipinski definition) is 3. The molecule has 2 atom stereocenters. The summed E-state index contributed by atoms with van der Waals surface area (Å²) in [6.45, 7) is 9.04. The molecular formula is C10H18O3. The van der Waals surface area contributed by atoms with Crippen molar-refractivity contribution in [1.29, 1.82) is 0 Å². The van der Waals surface area contributed by atoms with Crippen molar-refractivity contribution in [2.24, 2.45) is 5.41 Å². The zero-order valence-electron chi connectivity index (χ0n) is 9.93. The Kier molecular flexibility index (Phi) is 2.06. The third-order valence-electron chi connectivity index (χ3n) is 2.43. The lowest BCUT2D eigenvalue weighted by Crippen LogP contribution is -2.52. The number of cyclic esters (lactones) is 1. The van der Waals surface area contributed by atoms with Crippen LogP contribution in [0.3, 0.4) is 0 Å². The maximum absolute atomic E-state index is 11.3. The fourth-order valence-corrected chi connectivity index (χ4v) is 1.15. The first-order chi connectivity index (χ1) is 6.06. The van der Waals surface area contributed by atoms with Gasteiger partial charge in [-0.1, -0.05) is 20.8 Å². The molecule has 1 aliphatic heterocycles. The molecule has 0 aromatic rings. The Balaban J connectivity index is 2.96. The van der Waals surface area contributed by atoms with Gasteiger partial charge in [0, 0.05) is 12.3 Å². The zero-order valence-corrected chi connectivity index (χ0v) is 8.93. The van der Waals surface area contributed by atoms with E-state index in [-0.39, 0.29) is 17.8 Å². The molecule has 0 aromatic heterocycles. The van der Waals surface area contributed by atoms with Crippen molar-refractivity contribution in [2.75, 3.05) is 0 Å². The molecule has 1 fully saturated rings. The van der Waals surface area contributed by atoms with Gasteiger partial charge in [-0.25, -0.2) is 0 Å². The van der Waals surface area contributed by atoms with E-state index >= 15 is 0 Å². The van der Waals surface area contributed by atoms with Crippen LogP contribution in [-0.4, -0.2) is 17.8 Å². The van der Waals surface area contributed by atoms with Gasteiger partial charge in [0.25, 0.3) is 0 Å². The monoisotopic (exact) mass is 187 g/mol. The molecule has 1 saturated heterocycles. The fourth-order valence-electron chi connectivity index (χ4n) is 1.15. The summed E-state index contributed by atoms with van der Waals surface area (Å²) in [7, 11) is 0. The average molecular weight is 187 g/mol. The molecule has 0 bridgehead atoms. The fraction of sp³-hybridized carbons (Fsp3) is 0.900. The van der Waals surface area contributed by atoms with Gasteiger partial charge in [-0.15, -0.1) is 0 Å². The Morgan fingerprint density at radius 2 is 2.15 bits per heavy atom. The Bertz CT molecular complexity index is 255. The SMILES string of the molecule is [2H][C@@]1(C)CC(=O)O[C@](C)(C(C)(C)C)O1. The molecule has 0 aliphatic carbocycles. The van der Waals surface area contributed by atoms with E-state index in [2.05, 4.69) is 0 Å². The Morgan fingerprint density at radius 3 is 2.54 bits per heavy atom. The highest BCUT2D eigenvalue weighted by Crippen LogP contribution is 2.38. The highest BCUT2D eigenvalue weighted by Gasteiger charge is 2.46. The largest absolute Gasteiger partial charge is 0.433 e. The third-order valence-corrected chi connectivity index (χ3v) is 2.43. The van der Waals surface area contributed by atoms with Crippen LogP contribution in [0.4, 0.5) is 0 Å². The highest BCUT2D eigenvalue weighted by atomic mass is 16.7. The van der Waals surface area contributed by atoms with Gasteiger partial charge in [0.05, 0.1) is 13.9 Å². The molecule has 0 N–H and O–H groups in total. The number of ether oxygens (including phenoxy) is 2. The quantitative estimate of drug-likeness (QED) is 0.545. The summed E-state index contributed by atoms with van der Waals surface area (Å²) in [5.41, 5.74) is -0.342. The Hall–Kier alpha value is -0.570. The lowest BCUT2D eigenvalue weighted by atomic mass is 9.85. The molecule has 3 nitrogen and oxygen atoms in total. The van der Waals surface area contributed by atoms with Gasteiger partial charge in [0.15, 0.2) is 0 Å². The summed E-state index contributed by atoms with van der Waals surface area (Å²) in [5, 5.41) is 0. The summed E-state index contributed by atoms with van der Waals surface area (Å²) in [6.07, 6.45) is -1.20. The maximum Gasteiger partial charge on any atom is 0.310 e. The zero-order chi connectivity index (χ0) is 11.2. The predicted octanol–water partition coefficient (Wildman–Crippen LogP) is 2.10. The molecule has 1 aliphatic rings. The second-order valence-electron chi connectivity index (χ2n) is 4.65. The first kappa shape index (κ1) is 9.00. The van der Waals surface area contributed by atoms with Gasteiger partial charge in [0.1, 0.15) is 0 Å². The van der Waals surface area contributed by atoms with Gasteiger partial charge in [-0.05, 0) is 6.92 Å².